The zero-order chi connectivity index (χ0) is 20.4. The number of methoxy groups -OCH3 is 2. The summed E-state index contributed by atoms with van der Waals surface area (Å²) in [5.74, 6) is -1.65. The van der Waals surface area contributed by atoms with Gasteiger partial charge in [-0.25, -0.2) is 14.4 Å². The fourth-order valence-corrected chi connectivity index (χ4v) is 2.73. The van der Waals surface area contributed by atoms with Crippen LogP contribution in [-0.4, -0.2) is 31.1 Å². The van der Waals surface area contributed by atoms with Gasteiger partial charge in [0.2, 0.25) is 0 Å². The first kappa shape index (κ1) is 18.8. The molecule has 0 bridgehead atoms. The first-order valence-electron chi connectivity index (χ1n) is 7.89. The molecular formula is C19H13NO8. The van der Waals surface area contributed by atoms with Crippen LogP contribution in [0.25, 0.3) is 22.1 Å². The standard InChI is InChI=1S/C19H13NO8/c1-26-17(21)13-8-5-11-9-14(10-3-6-12(7-4-10)20(24)25)18(22)28-16(11)15(13)19(23)27-2/h3-9H,1-2H3. The summed E-state index contributed by atoms with van der Waals surface area (Å²) < 4.78 is 14.7. The van der Waals surface area contributed by atoms with Crippen LogP contribution in [0.1, 0.15) is 20.7 Å². The van der Waals surface area contributed by atoms with E-state index in [1.165, 1.54) is 42.5 Å². The van der Waals surface area contributed by atoms with E-state index >= 15 is 0 Å². The maximum atomic E-state index is 12.5. The summed E-state index contributed by atoms with van der Waals surface area (Å²) in [6.45, 7) is 0. The highest BCUT2D eigenvalue weighted by Crippen LogP contribution is 2.27. The first-order chi connectivity index (χ1) is 13.4. The average molecular weight is 383 g/mol. The van der Waals surface area contributed by atoms with Gasteiger partial charge in [-0.15, -0.1) is 0 Å². The summed E-state index contributed by atoms with van der Waals surface area (Å²) in [5.41, 5.74) is -0.808. The zero-order valence-electron chi connectivity index (χ0n) is 14.8. The third-order valence-corrected chi connectivity index (χ3v) is 4.09. The molecule has 0 unspecified atom stereocenters. The molecule has 28 heavy (non-hydrogen) atoms. The van der Waals surface area contributed by atoms with E-state index in [9.17, 15) is 24.5 Å². The SMILES string of the molecule is COC(=O)c1ccc2cc(-c3ccc([N+](=O)[O-])cc3)c(=O)oc2c1C(=O)OC. The van der Waals surface area contributed by atoms with Gasteiger partial charge in [0, 0.05) is 17.5 Å². The van der Waals surface area contributed by atoms with Gasteiger partial charge in [0.05, 0.1) is 30.3 Å². The van der Waals surface area contributed by atoms with Crippen molar-refractivity contribution in [2.45, 2.75) is 0 Å². The van der Waals surface area contributed by atoms with E-state index in [4.69, 9.17) is 9.15 Å². The topological polar surface area (TPSA) is 126 Å². The second kappa shape index (κ2) is 7.31. The third kappa shape index (κ3) is 3.20. The van der Waals surface area contributed by atoms with Gasteiger partial charge in [0.25, 0.3) is 5.69 Å². The molecule has 0 aliphatic rings. The Kier molecular flexibility index (Phi) is 4.90. The molecule has 0 spiro atoms. The van der Waals surface area contributed by atoms with Crippen molar-refractivity contribution in [1.29, 1.82) is 0 Å². The lowest BCUT2D eigenvalue weighted by Crippen LogP contribution is -2.14. The van der Waals surface area contributed by atoms with Crippen LogP contribution in [0.15, 0.2) is 51.7 Å². The Labute approximate surface area is 157 Å². The van der Waals surface area contributed by atoms with Crippen LogP contribution in [0.3, 0.4) is 0 Å². The maximum absolute atomic E-state index is 12.5. The molecule has 0 atom stereocenters. The van der Waals surface area contributed by atoms with Crippen LogP contribution in [-0.2, 0) is 9.47 Å². The van der Waals surface area contributed by atoms with Crippen LogP contribution < -0.4 is 5.63 Å². The summed E-state index contributed by atoms with van der Waals surface area (Å²) in [4.78, 5) is 46.9. The minimum Gasteiger partial charge on any atom is -0.465 e. The Morgan fingerprint density at radius 1 is 1.00 bits per heavy atom. The normalized spacial score (nSPS) is 10.5. The summed E-state index contributed by atoms with van der Waals surface area (Å²) in [6, 6.07) is 9.68. The molecule has 0 N–H and O–H groups in total. The number of benzene rings is 2. The van der Waals surface area contributed by atoms with Crippen molar-refractivity contribution >= 4 is 28.6 Å². The maximum Gasteiger partial charge on any atom is 0.344 e. The second-order valence-corrected chi connectivity index (χ2v) is 5.64. The number of non-ortho nitro benzene ring substituents is 1. The number of fused-ring (bicyclic) bond motifs is 1. The summed E-state index contributed by atoms with van der Waals surface area (Å²) in [5, 5.41) is 11.1. The van der Waals surface area contributed by atoms with Gasteiger partial charge >= 0.3 is 17.6 Å². The highest BCUT2D eigenvalue weighted by atomic mass is 16.6. The lowest BCUT2D eigenvalue weighted by molar-refractivity contribution is -0.384. The quantitative estimate of drug-likeness (QED) is 0.291. The lowest BCUT2D eigenvalue weighted by Gasteiger charge is -2.10. The van der Waals surface area contributed by atoms with Crippen LogP contribution >= 0.6 is 0 Å². The Balaban J connectivity index is 2.24. The number of carbonyl (C=O) groups excluding carboxylic acids is 2. The number of hydrogen-bond donors (Lipinski definition) is 0. The molecule has 0 saturated carbocycles. The highest BCUT2D eigenvalue weighted by molar-refractivity contribution is 6.11. The van der Waals surface area contributed by atoms with Crippen molar-refractivity contribution in [2.24, 2.45) is 0 Å². The van der Waals surface area contributed by atoms with E-state index in [0.717, 1.165) is 14.2 Å². The Bertz CT molecular complexity index is 1160. The first-order valence-corrected chi connectivity index (χ1v) is 7.89. The molecule has 2 aromatic carbocycles. The van der Waals surface area contributed by atoms with Crippen LogP contribution in [0.4, 0.5) is 5.69 Å². The van der Waals surface area contributed by atoms with Crippen LogP contribution in [0, 0.1) is 10.1 Å². The van der Waals surface area contributed by atoms with Gasteiger partial charge in [0.1, 0.15) is 5.56 Å². The van der Waals surface area contributed by atoms with Gasteiger partial charge in [-0.3, -0.25) is 10.1 Å². The number of hydrogen-bond acceptors (Lipinski definition) is 8. The average Bonchev–Trinajstić information content (AvgIpc) is 2.71. The molecule has 3 rings (SSSR count). The number of nitrogens with zero attached hydrogens (tertiary/aromatic N) is 1. The molecule has 0 amide bonds. The molecule has 9 nitrogen and oxygen atoms in total. The van der Waals surface area contributed by atoms with Crippen molar-refractivity contribution < 1.29 is 28.4 Å². The smallest absolute Gasteiger partial charge is 0.344 e. The molecule has 142 valence electrons. The van der Waals surface area contributed by atoms with Gasteiger partial charge in [-0.1, -0.05) is 6.07 Å². The minimum absolute atomic E-state index is 0.104. The molecule has 0 saturated heterocycles. The monoisotopic (exact) mass is 383 g/mol. The minimum atomic E-state index is -0.864. The number of nitro benzene ring substituents is 1. The van der Waals surface area contributed by atoms with E-state index in [0.29, 0.717) is 10.9 Å². The second-order valence-electron chi connectivity index (χ2n) is 5.64. The van der Waals surface area contributed by atoms with Crippen molar-refractivity contribution in [3.63, 3.8) is 0 Å². The number of ether oxygens (including phenoxy) is 2. The predicted molar refractivity (Wildman–Crippen MR) is 97.3 cm³/mol. The molecular weight excluding hydrogens is 370 g/mol. The molecule has 0 fully saturated rings. The summed E-state index contributed by atoms with van der Waals surface area (Å²) in [6.07, 6.45) is 0. The fraction of sp³-hybridized carbons (Fsp3) is 0.105. The van der Waals surface area contributed by atoms with E-state index < -0.39 is 22.5 Å². The Hall–Kier alpha value is -4.01. The molecule has 0 radical (unpaired) electrons. The Morgan fingerprint density at radius 3 is 2.21 bits per heavy atom. The van der Waals surface area contributed by atoms with Gasteiger partial charge in [-0.05, 0) is 29.8 Å². The third-order valence-electron chi connectivity index (χ3n) is 4.09. The summed E-state index contributed by atoms with van der Waals surface area (Å²) >= 11 is 0. The fourth-order valence-electron chi connectivity index (χ4n) is 2.73. The number of rotatable bonds is 4. The van der Waals surface area contributed by atoms with Crippen molar-refractivity contribution in [3.8, 4) is 11.1 Å². The largest absolute Gasteiger partial charge is 0.465 e. The summed E-state index contributed by atoms with van der Waals surface area (Å²) in [7, 11) is 2.28. The van der Waals surface area contributed by atoms with Crippen LogP contribution in [0.2, 0.25) is 0 Å². The predicted octanol–water partition coefficient (Wildman–Crippen LogP) is 2.94. The zero-order valence-corrected chi connectivity index (χ0v) is 14.8. The molecule has 0 aliphatic carbocycles. The van der Waals surface area contributed by atoms with Gasteiger partial charge in [-0.2, -0.15) is 0 Å². The van der Waals surface area contributed by atoms with Gasteiger partial charge in [0.15, 0.2) is 5.58 Å². The molecule has 0 aliphatic heterocycles. The lowest BCUT2D eigenvalue weighted by atomic mass is 10.0. The molecule has 1 aromatic heterocycles. The van der Waals surface area contributed by atoms with Gasteiger partial charge < -0.3 is 13.9 Å². The van der Waals surface area contributed by atoms with E-state index in [1.54, 1.807) is 0 Å². The number of nitro groups is 1. The van der Waals surface area contributed by atoms with Crippen molar-refractivity contribution in [1.82, 2.24) is 0 Å². The highest BCUT2D eigenvalue weighted by Gasteiger charge is 2.24. The van der Waals surface area contributed by atoms with Crippen molar-refractivity contribution in [3.05, 3.63) is 74.1 Å². The molecule has 9 heteroatoms. The van der Waals surface area contributed by atoms with Crippen LogP contribution in [0.5, 0.6) is 0 Å². The van der Waals surface area contributed by atoms with Crippen molar-refractivity contribution in [2.75, 3.05) is 14.2 Å². The molecule has 3 aromatic rings. The number of carbonyl (C=O) groups is 2. The van der Waals surface area contributed by atoms with E-state index in [2.05, 4.69) is 4.74 Å². The molecule has 1 heterocycles. The van der Waals surface area contributed by atoms with E-state index in [-0.39, 0.29) is 28.0 Å². The Morgan fingerprint density at radius 2 is 1.64 bits per heavy atom. The van der Waals surface area contributed by atoms with E-state index in [1.807, 2.05) is 0 Å². The number of esters is 2.